The van der Waals surface area contributed by atoms with Gasteiger partial charge in [0.05, 0.1) is 6.61 Å². The monoisotopic (exact) mass is 205 g/mol. The number of hydrogen-bond acceptors (Lipinski definition) is 3. The Morgan fingerprint density at radius 2 is 1.71 bits per heavy atom. The summed E-state index contributed by atoms with van der Waals surface area (Å²) in [7, 11) is 1.40. The number of aliphatic hydroxyl groups excluding tert-OH is 1. The first-order valence-electron chi connectivity index (χ1n) is 3.76. The second-order valence-corrected chi connectivity index (χ2v) is 2.51. The van der Waals surface area contributed by atoms with E-state index in [0.29, 0.717) is 0 Å². The van der Waals surface area contributed by atoms with Crippen molar-refractivity contribution in [3.05, 3.63) is 12.2 Å². The summed E-state index contributed by atoms with van der Waals surface area (Å²) in [6.07, 6.45) is -1.01. The van der Waals surface area contributed by atoms with Crippen molar-refractivity contribution in [2.45, 2.75) is 6.92 Å². The highest BCUT2D eigenvalue weighted by Gasteiger charge is 2.00. The maximum absolute atomic E-state index is 9.90. The van der Waals surface area contributed by atoms with Crippen molar-refractivity contribution < 1.29 is 24.9 Å². The normalized spacial score (nSPS) is 8.21. The summed E-state index contributed by atoms with van der Waals surface area (Å²) < 4.78 is 0. The number of hydrogen-bond donors (Lipinski definition) is 3. The van der Waals surface area contributed by atoms with Crippen LogP contribution in [-0.2, 0) is 4.79 Å². The van der Waals surface area contributed by atoms with Gasteiger partial charge in [-0.2, -0.15) is 0 Å². The van der Waals surface area contributed by atoms with Crippen molar-refractivity contribution in [1.82, 2.24) is 4.90 Å². The Balaban J connectivity index is 0. The minimum absolute atomic E-state index is 0.122. The molecule has 0 saturated carbocycles. The third-order valence-electron chi connectivity index (χ3n) is 1.13. The highest BCUT2D eigenvalue weighted by Crippen LogP contribution is 1.81. The number of likely N-dealkylation sites (N-methyl/N-ethyl adjacent to an activating group) is 1. The zero-order valence-electron chi connectivity index (χ0n) is 8.23. The Morgan fingerprint density at radius 1 is 1.36 bits per heavy atom. The van der Waals surface area contributed by atoms with E-state index in [1.165, 1.54) is 14.0 Å². The van der Waals surface area contributed by atoms with Crippen LogP contribution in [0.15, 0.2) is 12.2 Å². The summed E-state index contributed by atoms with van der Waals surface area (Å²) in [6.45, 7) is 4.66. The van der Waals surface area contributed by atoms with Gasteiger partial charge in [-0.05, 0) is 6.92 Å². The molecular formula is C8H15NO5. The van der Waals surface area contributed by atoms with Gasteiger partial charge in [-0.15, -0.1) is 0 Å². The van der Waals surface area contributed by atoms with E-state index in [4.69, 9.17) is 15.3 Å². The highest BCUT2D eigenvalue weighted by atomic mass is 16.4. The molecule has 3 N–H and O–H groups in total. The largest absolute Gasteiger partial charge is 0.478 e. The lowest BCUT2D eigenvalue weighted by molar-refractivity contribution is -0.132. The van der Waals surface area contributed by atoms with Gasteiger partial charge < -0.3 is 20.2 Å². The van der Waals surface area contributed by atoms with Gasteiger partial charge in [0.2, 0.25) is 0 Å². The second-order valence-electron chi connectivity index (χ2n) is 2.51. The first kappa shape index (κ1) is 14.9. The molecule has 14 heavy (non-hydrogen) atoms. The second kappa shape index (κ2) is 8.06. The van der Waals surface area contributed by atoms with Crippen LogP contribution in [0.3, 0.4) is 0 Å². The fourth-order valence-electron chi connectivity index (χ4n) is 0.246. The standard InChI is InChI=1S/C4H9NO3.C4H6O2/c1-5(2-3-6)4(7)8;1-3(2)4(5)6/h6H,2-3H2,1H3,(H,7,8);1H2,2H3,(H,5,6). The van der Waals surface area contributed by atoms with E-state index in [-0.39, 0.29) is 18.7 Å². The SMILES string of the molecule is C=C(C)C(=O)O.CN(CCO)C(=O)O. The maximum Gasteiger partial charge on any atom is 0.407 e. The lowest BCUT2D eigenvalue weighted by Gasteiger charge is -2.08. The first-order valence-corrected chi connectivity index (χ1v) is 3.76. The summed E-state index contributed by atoms with van der Waals surface area (Å²) >= 11 is 0. The van der Waals surface area contributed by atoms with E-state index in [1.54, 1.807) is 0 Å². The number of rotatable bonds is 3. The average molecular weight is 205 g/mol. The van der Waals surface area contributed by atoms with E-state index in [9.17, 15) is 9.59 Å². The van der Waals surface area contributed by atoms with Crippen LogP contribution in [0.25, 0.3) is 0 Å². The summed E-state index contributed by atoms with van der Waals surface area (Å²) in [5.41, 5.74) is 0.176. The molecule has 0 aromatic carbocycles. The molecule has 0 bridgehead atoms. The number of aliphatic carboxylic acids is 1. The predicted octanol–water partition coefficient (Wildman–Crippen LogP) is 0.236. The Labute approximate surface area is 82.1 Å². The highest BCUT2D eigenvalue weighted by molar-refractivity contribution is 5.84. The van der Waals surface area contributed by atoms with Crippen LogP contribution >= 0.6 is 0 Å². The van der Waals surface area contributed by atoms with Crippen LogP contribution in [0.2, 0.25) is 0 Å². The molecule has 1 amide bonds. The molecule has 0 atom stereocenters. The van der Waals surface area contributed by atoms with Crippen LogP contribution in [-0.4, -0.2) is 52.5 Å². The molecule has 0 spiro atoms. The zero-order valence-corrected chi connectivity index (χ0v) is 8.23. The minimum Gasteiger partial charge on any atom is -0.478 e. The van der Waals surface area contributed by atoms with Crippen LogP contribution < -0.4 is 0 Å². The molecular weight excluding hydrogens is 190 g/mol. The zero-order chi connectivity index (χ0) is 11.7. The lowest BCUT2D eigenvalue weighted by atomic mass is 10.4. The fraction of sp³-hybridized carbons (Fsp3) is 0.500. The number of carboxylic acids is 1. The number of amides is 1. The Bertz CT molecular complexity index is 202. The van der Waals surface area contributed by atoms with Crippen LogP contribution in [0.5, 0.6) is 0 Å². The maximum atomic E-state index is 9.90. The molecule has 0 radical (unpaired) electrons. The summed E-state index contributed by atoms with van der Waals surface area (Å²) in [5.74, 6) is -0.935. The van der Waals surface area contributed by atoms with E-state index in [0.717, 1.165) is 4.90 Å². The number of aliphatic hydroxyl groups is 1. The molecule has 82 valence electrons. The molecule has 0 aromatic rings. The fourth-order valence-corrected chi connectivity index (χ4v) is 0.246. The van der Waals surface area contributed by atoms with Crippen molar-refractivity contribution in [3.8, 4) is 0 Å². The third-order valence-corrected chi connectivity index (χ3v) is 1.13. The molecule has 6 heteroatoms. The first-order chi connectivity index (χ1) is 6.32. The summed E-state index contributed by atoms with van der Waals surface area (Å²) in [6, 6.07) is 0. The smallest absolute Gasteiger partial charge is 0.407 e. The van der Waals surface area contributed by atoms with Gasteiger partial charge in [-0.1, -0.05) is 6.58 Å². The van der Waals surface area contributed by atoms with Gasteiger partial charge in [-0.3, -0.25) is 0 Å². The minimum atomic E-state index is -1.01. The van der Waals surface area contributed by atoms with Gasteiger partial charge in [0, 0.05) is 19.2 Å². The predicted molar refractivity (Wildman–Crippen MR) is 50.2 cm³/mol. The van der Waals surface area contributed by atoms with Gasteiger partial charge in [-0.25, -0.2) is 9.59 Å². The number of carboxylic acid groups (broad SMARTS) is 2. The quantitative estimate of drug-likeness (QED) is 0.573. The van der Waals surface area contributed by atoms with E-state index in [2.05, 4.69) is 6.58 Å². The number of nitrogens with zero attached hydrogens (tertiary/aromatic N) is 1. The topological polar surface area (TPSA) is 98.1 Å². The van der Waals surface area contributed by atoms with Gasteiger partial charge in [0.1, 0.15) is 0 Å². The molecule has 6 nitrogen and oxygen atoms in total. The third kappa shape index (κ3) is 10.4. The molecule has 0 fully saturated rings. The van der Waals surface area contributed by atoms with Crippen molar-refractivity contribution in [2.75, 3.05) is 20.2 Å². The number of carbonyl (C=O) groups is 2. The Hall–Kier alpha value is -1.56. The van der Waals surface area contributed by atoms with E-state index in [1.807, 2.05) is 0 Å². The summed E-state index contributed by atoms with van der Waals surface area (Å²) in [5, 5.41) is 24.2. The molecule has 0 aromatic heterocycles. The molecule has 0 heterocycles. The molecule has 0 aliphatic carbocycles. The molecule has 0 rings (SSSR count). The molecule has 0 saturated heterocycles. The van der Waals surface area contributed by atoms with E-state index >= 15 is 0 Å². The van der Waals surface area contributed by atoms with Crippen molar-refractivity contribution in [2.24, 2.45) is 0 Å². The summed E-state index contributed by atoms with van der Waals surface area (Å²) in [4.78, 5) is 20.5. The van der Waals surface area contributed by atoms with Crippen LogP contribution in [0.4, 0.5) is 4.79 Å². The van der Waals surface area contributed by atoms with Crippen LogP contribution in [0.1, 0.15) is 6.92 Å². The van der Waals surface area contributed by atoms with Crippen LogP contribution in [0, 0.1) is 0 Å². The molecule has 0 aliphatic heterocycles. The molecule has 0 unspecified atom stereocenters. The van der Waals surface area contributed by atoms with Crippen molar-refractivity contribution >= 4 is 12.1 Å². The van der Waals surface area contributed by atoms with Crippen molar-refractivity contribution in [3.63, 3.8) is 0 Å². The Kier molecular flexibility index (Phi) is 8.60. The average Bonchev–Trinajstić information content (AvgIpc) is 2.05. The van der Waals surface area contributed by atoms with Crippen molar-refractivity contribution in [1.29, 1.82) is 0 Å². The molecule has 0 aliphatic rings. The van der Waals surface area contributed by atoms with Gasteiger partial charge >= 0.3 is 12.1 Å². The lowest BCUT2D eigenvalue weighted by Crippen LogP contribution is -2.27. The van der Waals surface area contributed by atoms with E-state index < -0.39 is 12.1 Å². The van der Waals surface area contributed by atoms with Gasteiger partial charge in [0.25, 0.3) is 0 Å². The Morgan fingerprint density at radius 3 is 1.79 bits per heavy atom. The van der Waals surface area contributed by atoms with Gasteiger partial charge in [0.15, 0.2) is 0 Å².